The molecular weight excluding hydrogens is 289 g/mol. The third-order valence-corrected chi connectivity index (χ3v) is 3.30. The molecule has 4 nitrogen and oxygen atoms in total. The van der Waals surface area contributed by atoms with Gasteiger partial charge in [0.1, 0.15) is 0 Å². The van der Waals surface area contributed by atoms with Crippen molar-refractivity contribution in [2.45, 2.75) is 19.8 Å². The van der Waals surface area contributed by atoms with Crippen molar-refractivity contribution >= 4 is 29.2 Å². The SMILES string of the molecule is CC(C)c1nc(-c2ccc(Cl)c(Cl)c2)oc1C(=O)O. The van der Waals surface area contributed by atoms with Crippen molar-refractivity contribution in [1.82, 2.24) is 4.98 Å². The minimum Gasteiger partial charge on any atom is -0.475 e. The summed E-state index contributed by atoms with van der Waals surface area (Å²) in [7, 11) is 0. The van der Waals surface area contributed by atoms with Crippen molar-refractivity contribution in [3.8, 4) is 11.5 Å². The average molecular weight is 300 g/mol. The molecule has 1 heterocycles. The molecule has 0 aliphatic carbocycles. The Morgan fingerprint density at radius 2 is 2.00 bits per heavy atom. The van der Waals surface area contributed by atoms with Crippen molar-refractivity contribution < 1.29 is 14.3 Å². The second kappa shape index (κ2) is 5.23. The van der Waals surface area contributed by atoms with Crippen LogP contribution in [0.2, 0.25) is 10.0 Å². The molecule has 0 spiro atoms. The Hall–Kier alpha value is -1.52. The number of nitrogens with zero attached hydrogens (tertiary/aromatic N) is 1. The number of aromatic carboxylic acids is 1. The van der Waals surface area contributed by atoms with Gasteiger partial charge in [0.05, 0.1) is 15.7 Å². The van der Waals surface area contributed by atoms with Gasteiger partial charge in [-0.2, -0.15) is 0 Å². The third kappa shape index (κ3) is 2.74. The highest BCUT2D eigenvalue weighted by atomic mass is 35.5. The lowest BCUT2D eigenvalue weighted by molar-refractivity contribution is 0.0661. The number of hydrogen-bond acceptors (Lipinski definition) is 3. The summed E-state index contributed by atoms with van der Waals surface area (Å²) in [4.78, 5) is 15.3. The van der Waals surface area contributed by atoms with Gasteiger partial charge in [0.2, 0.25) is 11.7 Å². The van der Waals surface area contributed by atoms with Gasteiger partial charge in [-0.15, -0.1) is 0 Å². The van der Waals surface area contributed by atoms with Crippen molar-refractivity contribution in [2.24, 2.45) is 0 Å². The third-order valence-electron chi connectivity index (χ3n) is 2.56. The van der Waals surface area contributed by atoms with Crippen molar-refractivity contribution in [3.63, 3.8) is 0 Å². The van der Waals surface area contributed by atoms with Crippen LogP contribution in [0.3, 0.4) is 0 Å². The fourth-order valence-corrected chi connectivity index (χ4v) is 1.93. The average Bonchev–Trinajstić information content (AvgIpc) is 2.78. The van der Waals surface area contributed by atoms with Gasteiger partial charge >= 0.3 is 5.97 Å². The van der Waals surface area contributed by atoms with Gasteiger partial charge < -0.3 is 9.52 Å². The molecule has 100 valence electrons. The fourth-order valence-electron chi connectivity index (χ4n) is 1.63. The van der Waals surface area contributed by atoms with E-state index in [1.54, 1.807) is 18.2 Å². The molecule has 0 unspecified atom stereocenters. The smallest absolute Gasteiger partial charge is 0.373 e. The maximum absolute atomic E-state index is 11.1. The Morgan fingerprint density at radius 1 is 1.32 bits per heavy atom. The minimum atomic E-state index is -1.14. The van der Waals surface area contributed by atoms with Gasteiger partial charge in [-0.1, -0.05) is 37.0 Å². The number of aromatic nitrogens is 1. The van der Waals surface area contributed by atoms with Gasteiger partial charge in [-0.05, 0) is 24.1 Å². The van der Waals surface area contributed by atoms with Crippen LogP contribution >= 0.6 is 23.2 Å². The Bertz CT molecular complexity index is 635. The van der Waals surface area contributed by atoms with Gasteiger partial charge in [-0.25, -0.2) is 9.78 Å². The molecule has 19 heavy (non-hydrogen) atoms. The van der Waals surface area contributed by atoms with Crippen LogP contribution in [0.25, 0.3) is 11.5 Å². The Labute approximate surface area is 120 Å². The highest BCUT2D eigenvalue weighted by molar-refractivity contribution is 6.42. The molecule has 1 N–H and O–H groups in total. The van der Waals surface area contributed by atoms with Crippen LogP contribution in [0.5, 0.6) is 0 Å². The monoisotopic (exact) mass is 299 g/mol. The minimum absolute atomic E-state index is 0.0497. The van der Waals surface area contributed by atoms with E-state index in [9.17, 15) is 4.79 Å². The number of carboxylic acid groups (broad SMARTS) is 1. The van der Waals surface area contributed by atoms with Crippen molar-refractivity contribution in [1.29, 1.82) is 0 Å². The predicted octanol–water partition coefficient (Wildman–Crippen LogP) is 4.47. The normalized spacial score (nSPS) is 11.0. The summed E-state index contributed by atoms with van der Waals surface area (Å²) in [6.45, 7) is 3.70. The fraction of sp³-hybridized carbons (Fsp3) is 0.231. The molecule has 2 rings (SSSR count). The zero-order valence-electron chi connectivity index (χ0n) is 10.3. The second-order valence-corrected chi connectivity index (χ2v) is 5.14. The van der Waals surface area contributed by atoms with E-state index in [1.807, 2.05) is 13.8 Å². The quantitative estimate of drug-likeness (QED) is 0.908. The van der Waals surface area contributed by atoms with E-state index in [4.69, 9.17) is 32.7 Å². The molecule has 0 aliphatic heterocycles. The number of hydrogen-bond donors (Lipinski definition) is 1. The van der Waals surface area contributed by atoms with Crippen LogP contribution < -0.4 is 0 Å². The summed E-state index contributed by atoms with van der Waals surface area (Å²) in [5, 5.41) is 9.87. The van der Waals surface area contributed by atoms with E-state index in [0.717, 1.165) is 0 Å². The second-order valence-electron chi connectivity index (χ2n) is 4.32. The van der Waals surface area contributed by atoms with E-state index in [1.165, 1.54) is 0 Å². The van der Waals surface area contributed by atoms with E-state index in [2.05, 4.69) is 4.98 Å². The summed E-state index contributed by atoms with van der Waals surface area (Å²) < 4.78 is 5.31. The molecule has 0 saturated heterocycles. The molecule has 0 atom stereocenters. The van der Waals surface area contributed by atoms with E-state index in [-0.39, 0.29) is 17.6 Å². The lowest BCUT2D eigenvalue weighted by atomic mass is 10.1. The lowest BCUT2D eigenvalue weighted by Gasteiger charge is -1.99. The Balaban J connectivity index is 2.54. The predicted molar refractivity (Wildman–Crippen MR) is 73.0 cm³/mol. The lowest BCUT2D eigenvalue weighted by Crippen LogP contribution is -2.01. The van der Waals surface area contributed by atoms with Gasteiger partial charge in [0.15, 0.2) is 0 Å². The molecule has 0 saturated carbocycles. The number of oxazole rings is 1. The number of halogens is 2. The van der Waals surface area contributed by atoms with Crippen LogP contribution in [-0.4, -0.2) is 16.1 Å². The summed E-state index contributed by atoms with van der Waals surface area (Å²) in [6, 6.07) is 4.88. The van der Waals surface area contributed by atoms with Crippen LogP contribution in [0, 0.1) is 0 Å². The van der Waals surface area contributed by atoms with E-state index in [0.29, 0.717) is 21.3 Å². The first kappa shape index (κ1) is 13.9. The van der Waals surface area contributed by atoms with Crippen molar-refractivity contribution in [2.75, 3.05) is 0 Å². The first-order valence-corrected chi connectivity index (χ1v) is 6.35. The highest BCUT2D eigenvalue weighted by Gasteiger charge is 2.22. The zero-order chi connectivity index (χ0) is 14.2. The maximum Gasteiger partial charge on any atom is 0.373 e. The summed E-state index contributed by atoms with van der Waals surface area (Å²) >= 11 is 11.7. The maximum atomic E-state index is 11.1. The first-order chi connectivity index (χ1) is 8.90. The summed E-state index contributed by atoms with van der Waals surface area (Å²) in [5.41, 5.74) is 0.998. The number of carboxylic acids is 1. The molecule has 1 aromatic heterocycles. The highest BCUT2D eigenvalue weighted by Crippen LogP contribution is 2.30. The Kier molecular flexibility index (Phi) is 3.83. The zero-order valence-corrected chi connectivity index (χ0v) is 11.8. The molecular formula is C13H11Cl2NO3. The number of benzene rings is 1. The van der Waals surface area contributed by atoms with Gasteiger partial charge in [0, 0.05) is 5.56 Å². The standard InChI is InChI=1S/C13H11Cl2NO3/c1-6(2)10-11(13(17)18)19-12(16-10)7-3-4-8(14)9(15)5-7/h3-6H,1-2H3,(H,17,18). The van der Waals surface area contributed by atoms with E-state index >= 15 is 0 Å². The van der Waals surface area contributed by atoms with Crippen LogP contribution in [0.15, 0.2) is 22.6 Å². The molecule has 0 aliphatic rings. The molecule has 1 aromatic carbocycles. The summed E-state index contributed by atoms with van der Waals surface area (Å²) in [6.07, 6.45) is 0. The Morgan fingerprint density at radius 3 is 2.47 bits per heavy atom. The molecule has 0 bridgehead atoms. The molecule has 0 amide bonds. The number of rotatable bonds is 3. The summed E-state index contributed by atoms with van der Waals surface area (Å²) in [5.74, 6) is -1.11. The van der Waals surface area contributed by atoms with Crippen LogP contribution in [-0.2, 0) is 0 Å². The van der Waals surface area contributed by atoms with E-state index < -0.39 is 5.97 Å². The van der Waals surface area contributed by atoms with Crippen LogP contribution in [0.1, 0.15) is 36.0 Å². The van der Waals surface area contributed by atoms with Gasteiger partial charge in [-0.3, -0.25) is 0 Å². The van der Waals surface area contributed by atoms with Crippen molar-refractivity contribution in [3.05, 3.63) is 39.7 Å². The number of carbonyl (C=O) groups is 1. The molecule has 6 heteroatoms. The van der Waals surface area contributed by atoms with Gasteiger partial charge in [0.25, 0.3) is 0 Å². The van der Waals surface area contributed by atoms with Crippen LogP contribution in [0.4, 0.5) is 0 Å². The topological polar surface area (TPSA) is 63.3 Å². The molecule has 0 fully saturated rings. The molecule has 2 aromatic rings. The molecule has 0 radical (unpaired) electrons. The first-order valence-electron chi connectivity index (χ1n) is 5.59. The largest absolute Gasteiger partial charge is 0.475 e.